The zero-order chi connectivity index (χ0) is 28.0. The quantitative estimate of drug-likeness (QED) is 0.172. The Kier molecular flexibility index (Phi) is 6.93. The van der Waals surface area contributed by atoms with Crippen LogP contribution in [0.2, 0.25) is 0 Å². The summed E-state index contributed by atoms with van der Waals surface area (Å²) in [7, 11) is 3.21. The van der Waals surface area contributed by atoms with Crippen molar-refractivity contribution in [3.63, 3.8) is 0 Å². The summed E-state index contributed by atoms with van der Waals surface area (Å²) in [6.45, 7) is 1.74. The molecule has 4 aromatic heterocycles. The van der Waals surface area contributed by atoms with Crippen LogP contribution in [-0.2, 0) is 16.8 Å². The van der Waals surface area contributed by atoms with Crippen LogP contribution in [0.3, 0.4) is 0 Å². The van der Waals surface area contributed by atoms with E-state index in [1.807, 2.05) is 24.4 Å². The molecule has 9 nitrogen and oxygen atoms in total. The number of benzene rings is 2. The molecule has 6 aromatic rings. The van der Waals surface area contributed by atoms with Gasteiger partial charge in [0.25, 0.3) is 5.19 Å². The Bertz CT molecular complexity index is 1800. The van der Waals surface area contributed by atoms with Crippen LogP contribution in [0.25, 0.3) is 27.4 Å². The fourth-order valence-corrected chi connectivity index (χ4v) is 7.24. The molecule has 0 amide bonds. The number of thiazole rings is 1. The number of nitrogens with zero attached hydrogens (tertiary/aromatic N) is 4. The van der Waals surface area contributed by atoms with Crippen LogP contribution in [0.15, 0.2) is 62.9 Å². The van der Waals surface area contributed by atoms with Gasteiger partial charge in [0.05, 0.1) is 36.9 Å². The summed E-state index contributed by atoms with van der Waals surface area (Å²) < 4.78 is 31.7. The maximum Gasteiger partial charge on any atom is 0.294 e. The first-order valence-electron chi connectivity index (χ1n) is 13.0. The standard InChI is InChI=1S/C29H25BrN4O5S2/c1-35-20-11-23(21-13-25(39-24(21)12-20)22-14-34-27(32-22)41-28(33-34)36-2)38-15-19-16-40-26(31-19)29(7-9-37-10-8-29)17-3-5-18(30)6-4-17/h3-6,11-14,16H,7-10,15H2,1-2H3. The highest BCUT2D eigenvalue weighted by Gasteiger charge is 2.39. The van der Waals surface area contributed by atoms with E-state index >= 15 is 0 Å². The van der Waals surface area contributed by atoms with Gasteiger partial charge in [-0.1, -0.05) is 28.1 Å². The molecule has 210 valence electrons. The number of fused-ring (bicyclic) bond motifs is 2. The number of furan rings is 1. The number of hydrogen-bond acceptors (Lipinski definition) is 10. The topological polar surface area (TPSA) is 93.1 Å². The Morgan fingerprint density at radius 2 is 1.88 bits per heavy atom. The highest BCUT2D eigenvalue weighted by molar-refractivity contribution is 9.10. The lowest BCUT2D eigenvalue weighted by Crippen LogP contribution is -2.35. The Balaban J connectivity index is 1.17. The van der Waals surface area contributed by atoms with Crippen LogP contribution in [-0.4, -0.2) is 47.0 Å². The lowest BCUT2D eigenvalue weighted by Gasteiger charge is -2.36. The molecule has 0 atom stereocenters. The summed E-state index contributed by atoms with van der Waals surface area (Å²) in [5, 5.41) is 8.91. The third-order valence-electron chi connectivity index (χ3n) is 7.34. The molecule has 0 radical (unpaired) electrons. The number of hydrogen-bond donors (Lipinski definition) is 0. The SMILES string of the molecule is COc1cc(OCc2csc(C3(c4ccc(Br)cc4)CCOCC3)n2)c2cc(-c3cn4nc(OC)sc4n3)oc2c1. The summed E-state index contributed by atoms with van der Waals surface area (Å²) in [4.78, 5) is 10.4. The lowest BCUT2D eigenvalue weighted by atomic mass is 9.74. The normalized spacial score (nSPS) is 15.0. The highest BCUT2D eigenvalue weighted by Crippen LogP contribution is 2.43. The van der Waals surface area contributed by atoms with E-state index in [2.05, 4.69) is 55.7 Å². The van der Waals surface area contributed by atoms with E-state index in [-0.39, 0.29) is 5.41 Å². The van der Waals surface area contributed by atoms with Crippen molar-refractivity contribution in [1.82, 2.24) is 19.6 Å². The predicted octanol–water partition coefficient (Wildman–Crippen LogP) is 7.12. The summed E-state index contributed by atoms with van der Waals surface area (Å²) in [6.07, 6.45) is 3.61. The van der Waals surface area contributed by atoms with Crippen molar-refractivity contribution < 1.29 is 23.4 Å². The molecular formula is C29H25BrN4O5S2. The molecule has 2 aromatic carbocycles. The maximum atomic E-state index is 6.35. The molecule has 41 heavy (non-hydrogen) atoms. The van der Waals surface area contributed by atoms with Gasteiger partial charge in [0.1, 0.15) is 34.4 Å². The molecule has 1 fully saturated rings. The second-order valence-corrected chi connectivity index (χ2v) is 12.4. The van der Waals surface area contributed by atoms with Gasteiger partial charge in [-0.3, -0.25) is 0 Å². The zero-order valence-corrected chi connectivity index (χ0v) is 25.5. The van der Waals surface area contributed by atoms with Gasteiger partial charge in [0.15, 0.2) is 5.76 Å². The summed E-state index contributed by atoms with van der Waals surface area (Å²) in [6, 6.07) is 14.2. The Labute approximate surface area is 251 Å². The number of halogens is 1. The first-order valence-corrected chi connectivity index (χ1v) is 15.5. The summed E-state index contributed by atoms with van der Waals surface area (Å²) >= 11 is 6.61. The largest absolute Gasteiger partial charge is 0.496 e. The van der Waals surface area contributed by atoms with Crippen molar-refractivity contribution in [3.05, 3.63) is 74.8 Å². The molecule has 0 aliphatic carbocycles. The van der Waals surface area contributed by atoms with E-state index in [9.17, 15) is 0 Å². The number of aromatic nitrogens is 4. The number of methoxy groups -OCH3 is 2. The molecule has 0 bridgehead atoms. The van der Waals surface area contributed by atoms with Crippen molar-refractivity contribution in [2.24, 2.45) is 0 Å². The second kappa shape index (κ2) is 10.8. The minimum absolute atomic E-state index is 0.165. The highest BCUT2D eigenvalue weighted by atomic mass is 79.9. The number of rotatable bonds is 8. The molecule has 0 unspecified atom stereocenters. The van der Waals surface area contributed by atoms with Crippen molar-refractivity contribution in [2.75, 3.05) is 27.4 Å². The van der Waals surface area contributed by atoms with Crippen LogP contribution >= 0.6 is 38.6 Å². The first kappa shape index (κ1) is 26.4. The van der Waals surface area contributed by atoms with E-state index < -0.39 is 0 Å². The predicted molar refractivity (Wildman–Crippen MR) is 161 cm³/mol. The Morgan fingerprint density at radius 3 is 2.63 bits per heavy atom. The van der Waals surface area contributed by atoms with Crippen molar-refractivity contribution >= 4 is 54.5 Å². The average molecular weight is 654 g/mol. The van der Waals surface area contributed by atoms with Gasteiger partial charge in [0, 0.05) is 35.2 Å². The van der Waals surface area contributed by atoms with Gasteiger partial charge in [0.2, 0.25) is 4.96 Å². The molecule has 7 rings (SSSR count). The monoisotopic (exact) mass is 652 g/mol. The zero-order valence-electron chi connectivity index (χ0n) is 22.3. The van der Waals surface area contributed by atoms with Crippen LogP contribution in [0, 0.1) is 0 Å². The van der Waals surface area contributed by atoms with E-state index in [0.717, 1.165) is 38.4 Å². The van der Waals surface area contributed by atoms with Crippen LogP contribution in [0.5, 0.6) is 16.7 Å². The van der Waals surface area contributed by atoms with E-state index in [1.54, 1.807) is 30.1 Å². The second-order valence-electron chi connectivity index (χ2n) is 9.71. The average Bonchev–Trinajstić information content (AvgIpc) is 3.79. The van der Waals surface area contributed by atoms with Crippen molar-refractivity contribution in [1.29, 1.82) is 0 Å². The van der Waals surface area contributed by atoms with Gasteiger partial charge in [-0.25, -0.2) is 14.5 Å². The van der Waals surface area contributed by atoms with Crippen LogP contribution in [0.1, 0.15) is 29.1 Å². The molecule has 1 saturated heterocycles. The molecule has 0 saturated carbocycles. The van der Waals surface area contributed by atoms with Crippen molar-refractivity contribution in [3.8, 4) is 28.1 Å². The smallest absolute Gasteiger partial charge is 0.294 e. The molecule has 1 aliphatic rings. The maximum absolute atomic E-state index is 6.35. The van der Waals surface area contributed by atoms with E-state index in [0.29, 0.717) is 53.6 Å². The Hall–Kier alpha value is -3.45. The minimum Gasteiger partial charge on any atom is -0.496 e. The molecular weight excluding hydrogens is 628 g/mol. The van der Waals surface area contributed by atoms with E-state index in [1.165, 1.54) is 16.9 Å². The first-order chi connectivity index (χ1) is 20.0. The summed E-state index contributed by atoms with van der Waals surface area (Å²) in [5.74, 6) is 1.90. The fraction of sp³-hybridized carbons (Fsp3) is 0.276. The van der Waals surface area contributed by atoms with Gasteiger partial charge in [-0.15, -0.1) is 16.4 Å². The molecule has 0 spiro atoms. The third-order valence-corrected chi connectivity index (χ3v) is 9.85. The summed E-state index contributed by atoms with van der Waals surface area (Å²) in [5.41, 5.74) is 3.29. The number of imidazole rings is 1. The van der Waals surface area contributed by atoms with Gasteiger partial charge in [-0.05, 0) is 47.9 Å². The van der Waals surface area contributed by atoms with Crippen LogP contribution in [0.4, 0.5) is 0 Å². The van der Waals surface area contributed by atoms with Crippen molar-refractivity contribution in [2.45, 2.75) is 24.9 Å². The minimum atomic E-state index is -0.165. The molecule has 5 heterocycles. The van der Waals surface area contributed by atoms with Crippen LogP contribution < -0.4 is 14.2 Å². The van der Waals surface area contributed by atoms with Gasteiger partial charge < -0.3 is 23.4 Å². The van der Waals surface area contributed by atoms with Gasteiger partial charge in [-0.2, -0.15) is 0 Å². The van der Waals surface area contributed by atoms with E-state index in [4.69, 9.17) is 28.3 Å². The van der Waals surface area contributed by atoms with Gasteiger partial charge >= 0.3 is 0 Å². The lowest BCUT2D eigenvalue weighted by molar-refractivity contribution is 0.0629. The Morgan fingerprint density at radius 1 is 1.05 bits per heavy atom. The molecule has 12 heteroatoms. The molecule has 1 aliphatic heterocycles. The third kappa shape index (κ3) is 4.88. The molecule has 0 N–H and O–H groups in total. The fourth-order valence-electron chi connectivity index (χ4n) is 5.19. The number of ether oxygens (including phenoxy) is 4.